The average Bonchev–Trinajstić information content (AvgIpc) is 3.19. The predicted molar refractivity (Wildman–Crippen MR) is 119 cm³/mol. The maximum Gasteiger partial charge on any atom is 0.241 e. The van der Waals surface area contributed by atoms with E-state index < -0.39 is 0 Å². The van der Waals surface area contributed by atoms with E-state index in [1.165, 1.54) is 10.9 Å². The third kappa shape index (κ3) is 4.73. The summed E-state index contributed by atoms with van der Waals surface area (Å²) in [6.45, 7) is 1.62. The molecule has 29 heavy (non-hydrogen) atoms. The number of amides is 1. The van der Waals surface area contributed by atoms with E-state index in [-0.39, 0.29) is 5.91 Å². The van der Waals surface area contributed by atoms with Gasteiger partial charge in [-0.3, -0.25) is 4.79 Å². The number of aromatic nitrogens is 1. The van der Waals surface area contributed by atoms with Gasteiger partial charge in [-0.15, -0.1) is 0 Å². The molecule has 0 unspecified atom stereocenters. The molecule has 4 heteroatoms. The van der Waals surface area contributed by atoms with Gasteiger partial charge in [0.15, 0.2) is 0 Å². The van der Waals surface area contributed by atoms with Crippen LogP contribution in [0.5, 0.6) is 0 Å². The molecule has 0 radical (unpaired) electrons. The van der Waals surface area contributed by atoms with Gasteiger partial charge >= 0.3 is 0 Å². The standard InChI is InChI=1S/C25H25N3O/c29-25(18-26-16-15-21-17-27-24-14-8-7-13-23(21)24)28(22-11-5-2-6-12-22)19-20-9-3-1-4-10-20/h1-14,17,26-27H,15-16,18-19H2. The summed E-state index contributed by atoms with van der Waals surface area (Å²) in [7, 11) is 0. The van der Waals surface area contributed by atoms with Gasteiger partial charge in [0.25, 0.3) is 0 Å². The lowest BCUT2D eigenvalue weighted by molar-refractivity contribution is -0.117. The fraction of sp³-hybridized carbons (Fsp3) is 0.160. The zero-order chi connectivity index (χ0) is 19.9. The normalized spacial score (nSPS) is 10.9. The van der Waals surface area contributed by atoms with E-state index in [0.717, 1.165) is 29.7 Å². The molecule has 0 aliphatic rings. The summed E-state index contributed by atoms with van der Waals surface area (Å²) in [6.07, 6.45) is 2.93. The third-order valence-electron chi connectivity index (χ3n) is 5.07. The van der Waals surface area contributed by atoms with Gasteiger partial charge in [-0.2, -0.15) is 0 Å². The van der Waals surface area contributed by atoms with Crippen molar-refractivity contribution in [1.29, 1.82) is 0 Å². The number of carbonyl (C=O) groups excluding carboxylic acids is 1. The molecular formula is C25H25N3O. The van der Waals surface area contributed by atoms with Crippen LogP contribution in [0, 0.1) is 0 Å². The van der Waals surface area contributed by atoms with E-state index in [1.807, 2.05) is 71.6 Å². The number of hydrogen-bond donors (Lipinski definition) is 2. The van der Waals surface area contributed by atoms with Crippen LogP contribution in [0.3, 0.4) is 0 Å². The van der Waals surface area contributed by atoms with E-state index in [1.54, 1.807) is 0 Å². The maximum absolute atomic E-state index is 13.0. The van der Waals surface area contributed by atoms with Crippen LogP contribution in [-0.2, 0) is 17.8 Å². The molecule has 0 fully saturated rings. The zero-order valence-electron chi connectivity index (χ0n) is 16.3. The smallest absolute Gasteiger partial charge is 0.241 e. The molecule has 0 saturated carbocycles. The van der Waals surface area contributed by atoms with Crippen molar-refractivity contribution in [3.05, 3.63) is 102 Å². The lowest BCUT2D eigenvalue weighted by atomic mass is 10.1. The van der Waals surface area contributed by atoms with Gasteiger partial charge in [0.2, 0.25) is 5.91 Å². The molecule has 4 aromatic rings. The lowest BCUT2D eigenvalue weighted by Crippen LogP contribution is -2.38. The topological polar surface area (TPSA) is 48.1 Å². The second kappa shape index (κ2) is 9.22. The molecule has 4 nitrogen and oxygen atoms in total. The SMILES string of the molecule is O=C(CNCCc1c[nH]c2ccccc12)N(Cc1ccccc1)c1ccccc1. The Labute approximate surface area is 171 Å². The number of para-hydroxylation sites is 2. The van der Waals surface area contributed by atoms with Gasteiger partial charge in [-0.1, -0.05) is 66.7 Å². The first-order valence-electron chi connectivity index (χ1n) is 9.96. The van der Waals surface area contributed by atoms with Gasteiger partial charge in [-0.05, 0) is 42.3 Å². The van der Waals surface area contributed by atoms with Crippen molar-refractivity contribution in [2.45, 2.75) is 13.0 Å². The highest BCUT2D eigenvalue weighted by atomic mass is 16.2. The molecule has 0 bridgehead atoms. The Hall–Kier alpha value is -3.37. The van der Waals surface area contributed by atoms with Crippen molar-refractivity contribution in [2.24, 2.45) is 0 Å². The number of benzene rings is 3. The van der Waals surface area contributed by atoms with Gasteiger partial charge < -0.3 is 15.2 Å². The van der Waals surface area contributed by atoms with Crippen LogP contribution in [-0.4, -0.2) is 24.0 Å². The molecule has 1 aromatic heterocycles. The van der Waals surface area contributed by atoms with Gasteiger partial charge in [-0.25, -0.2) is 0 Å². The van der Waals surface area contributed by atoms with Crippen LogP contribution in [0.4, 0.5) is 5.69 Å². The molecule has 146 valence electrons. The van der Waals surface area contributed by atoms with E-state index in [0.29, 0.717) is 13.1 Å². The molecule has 0 spiro atoms. The first-order valence-corrected chi connectivity index (χ1v) is 9.96. The first-order chi connectivity index (χ1) is 14.3. The van der Waals surface area contributed by atoms with Crippen LogP contribution in [0.25, 0.3) is 10.9 Å². The van der Waals surface area contributed by atoms with E-state index >= 15 is 0 Å². The highest BCUT2D eigenvalue weighted by Gasteiger charge is 2.15. The molecule has 3 aromatic carbocycles. The first kappa shape index (κ1) is 19.0. The summed E-state index contributed by atoms with van der Waals surface area (Å²) >= 11 is 0. The monoisotopic (exact) mass is 383 g/mol. The van der Waals surface area contributed by atoms with E-state index in [4.69, 9.17) is 0 Å². The Morgan fingerprint density at radius 1 is 0.862 bits per heavy atom. The fourth-order valence-electron chi connectivity index (χ4n) is 3.55. The molecule has 1 amide bonds. The van der Waals surface area contributed by atoms with Crippen LogP contribution in [0.1, 0.15) is 11.1 Å². The van der Waals surface area contributed by atoms with Crippen molar-refractivity contribution in [3.8, 4) is 0 Å². The van der Waals surface area contributed by atoms with Gasteiger partial charge in [0.05, 0.1) is 13.1 Å². The number of hydrogen-bond acceptors (Lipinski definition) is 2. The Bertz CT molecular complexity index is 1060. The summed E-state index contributed by atoms with van der Waals surface area (Å²) in [5, 5.41) is 4.57. The number of nitrogens with zero attached hydrogens (tertiary/aromatic N) is 1. The van der Waals surface area contributed by atoms with Crippen molar-refractivity contribution in [3.63, 3.8) is 0 Å². The number of carbonyl (C=O) groups is 1. The minimum atomic E-state index is 0.0685. The van der Waals surface area contributed by atoms with Crippen molar-refractivity contribution in [2.75, 3.05) is 18.0 Å². The summed E-state index contributed by atoms with van der Waals surface area (Å²) < 4.78 is 0. The Morgan fingerprint density at radius 3 is 2.34 bits per heavy atom. The number of anilines is 1. The van der Waals surface area contributed by atoms with Crippen LogP contribution in [0.15, 0.2) is 91.1 Å². The summed E-state index contributed by atoms with van der Waals surface area (Å²) in [5.41, 5.74) is 4.45. The minimum Gasteiger partial charge on any atom is -0.361 e. The maximum atomic E-state index is 13.0. The second-order valence-electron chi connectivity index (χ2n) is 7.09. The lowest BCUT2D eigenvalue weighted by Gasteiger charge is -2.23. The Kier molecular flexibility index (Phi) is 6.03. The zero-order valence-corrected chi connectivity index (χ0v) is 16.3. The van der Waals surface area contributed by atoms with Gasteiger partial charge in [0.1, 0.15) is 0 Å². The molecule has 0 atom stereocenters. The van der Waals surface area contributed by atoms with E-state index in [2.05, 4.69) is 34.7 Å². The number of nitrogens with one attached hydrogen (secondary N) is 2. The Morgan fingerprint density at radius 2 is 1.55 bits per heavy atom. The third-order valence-corrected chi connectivity index (χ3v) is 5.07. The highest BCUT2D eigenvalue weighted by molar-refractivity contribution is 5.94. The molecule has 4 rings (SSSR count). The van der Waals surface area contributed by atoms with Crippen LogP contribution in [0.2, 0.25) is 0 Å². The van der Waals surface area contributed by atoms with E-state index in [9.17, 15) is 4.79 Å². The fourth-order valence-corrected chi connectivity index (χ4v) is 3.55. The number of H-pyrrole nitrogens is 1. The number of aromatic amines is 1. The largest absolute Gasteiger partial charge is 0.361 e. The van der Waals surface area contributed by atoms with Crippen molar-refractivity contribution in [1.82, 2.24) is 10.3 Å². The summed E-state index contributed by atoms with van der Waals surface area (Å²) in [6, 6.07) is 28.2. The predicted octanol–water partition coefficient (Wildman–Crippen LogP) is 4.53. The minimum absolute atomic E-state index is 0.0685. The van der Waals surface area contributed by atoms with Crippen LogP contribution >= 0.6 is 0 Å². The van der Waals surface area contributed by atoms with Gasteiger partial charge in [0, 0.05) is 22.8 Å². The quantitative estimate of drug-likeness (QED) is 0.439. The second-order valence-corrected chi connectivity index (χ2v) is 7.09. The van der Waals surface area contributed by atoms with Crippen molar-refractivity contribution < 1.29 is 4.79 Å². The Balaban J connectivity index is 1.37. The molecule has 0 saturated heterocycles. The van der Waals surface area contributed by atoms with Crippen molar-refractivity contribution >= 4 is 22.5 Å². The highest BCUT2D eigenvalue weighted by Crippen LogP contribution is 2.18. The average molecular weight is 383 g/mol. The molecule has 2 N–H and O–H groups in total. The number of rotatable bonds is 8. The molecule has 1 heterocycles. The number of fused-ring (bicyclic) bond motifs is 1. The van der Waals surface area contributed by atoms with Crippen LogP contribution < -0.4 is 10.2 Å². The molecule has 0 aliphatic heterocycles. The summed E-state index contributed by atoms with van der Waals surface area (Å²) in [5.74, 6) is 0.0685. The summed E-state index contributed by atoms with van der Waals surface area (Å²) in [4.78, 5) is 18.1. The molecular weight excluding hydrogens is 358 g/mol. The molecule has 0 aliphatic carbocycles.